The van der Waals surface area contributed by atoms with Gasteiger partial charge >= 0.3 is 5.97 Å². The van der Waals surface area contributed by atoms with Gasteiger partial charge in [-0.25, -0.2) is 4.79 Å². The predicted octanol–water partition coefficient (Wildman–Crippen LogP) is 2.50. The number of carboxylic acids is 1. The number of rotatable bonds is 5. The van der Waals surface area contributed by atoms with Gasteiger partial charge in [-0.05, 0) is 25.1 Å². The van der Waals surface area contributed by atoms with E-state index in [1.807, 2.05) is 31.2 Å². The molecule has 0 aromatic heterocycles. The van der Waals surface area contributed by atoms with Crippen molar-refractivity contribution in [1.29, 1.82) is 0 Å². The number of hydrogen-bond donors (Lipinski definition) is 2. The molecule has 0 atom stereocenters. The average Bonchev–Trinajstić information content (AvgIpc) is 2.48. The van der Waals surface area contributed by atoms with Crippen LogP contribution in [0.3, 0.4) is 0 Å². The van der Waals surface area contributed by atoms with Gasteiger partial charge in [0.15, 0.2) is 0 Å². The summed E-state index contributed by atoms with van der Waals surface area (Å²) >= 11 is 1.35. The van der Waals surface area contributed by atoms with Crippen molar-refractivity contribution in [2.45, 2.75) is 11.8 Å². The molecule has 0 spiro atoms. The zero-order chi connectivity index (χ0) is 16.1. The number of aryl methyl sites for hydroxylation is 1. The van der Waals surface area contributed by atoms with Gasteiger partial charge in [-0.2, -0.15) is 0 Å². The first-order valence-corrected chi connectivity index (χ1v) is 7.48. The Labute approximate surface area is 132 Å². The van der Waals surface area contributed by atoms with Crippen LogP contribution in [0.4, 0.5) is 5.69 Å². The van der Waals surface area contributed by atoms with Crippen LogP contribution in [0, 0.1) is 6.92 Å². The monoisotopic (exact) mass is 316 g/mol. The lowest BCUT2D eigenvalue weighted by Crippen LogP contribution is -2.16. The molecule has 2 aromatic carbocycles. The fourth-order valence-corrected chi connectivity index (χ4v) is 2.48. The molecule has 0 aliphatic carbocycles. The van der Waals surface area contributed by atoms with Crippen molar-refractivity contribution >= 4 is 29.3 Å². The minimum absolute atomic E-state index is 0.126. The van der Waals surface area contributed by atoms with Gasteiger partial charge < -0.3 is 15.5 Å². The number of amides is 1. The third kappa shape index (κ3) is 4.26. The highest BCUT2D eigenvalue weighted by atomic mass is 32.2. The highest BCUT2D eigenvalue weighted by molar-refractivity contribution is 8.00. The first-order valence-electron chi connectivity index (χ1n) is 6.49. The number of hydrogen-bond acceptors (Lipinski definition) is 4. The fourth-order valence-electron chi connectivity index (χ4n) is 1.78. The molecule has 2 N–H and O–H groups in total. The molecule has 0 aliphatic rings. The van der Waals surface area contributed by atoms with E-state index in [9.17, 15) is 14.7 Å². The predicted molar refractivity (Wildman–Crippen MR) is 83.4 cm³/mol. The molecule has 0 saturated carbocycles. The van der Waals surface area contributed by atoms with E-state index >= 15 is 0 Å². The van der Waals surface area contributed by atoms with Crippen molar-refractivity contribution in [3.05, 3.63) is 53.6 Å². The summed E-state index contributed by atoms with van der Waals surface area (Å²) in [6.45, 7) is 1.98. The molecule has 5 nitrogen and oxygen atoms in total. The molecule has 0 saturated heterocycles. The molecule has 0 bridgehead atoms. The summed E-state index contributed by atoms with van der Waals surface area (Å²) in [6.07, 6.45) is 0. The van der Waals surface area contributed by atoms with E-state index in [0.29, 0.717) is 0 Å². The van der Waals surface area contributed by atoms with E-state index in [1.165, 1.54) is 23.9 Å². The van der Waals surface area contributed by atoms with Crippen LogP contribution in [0.5, 0.6) is 5.75 Å². The van der Waals surface area contributed by atoms with E-state index < -0.39 is 11.7 Å². The number of nitrogens with one attached hydrogen (secondary N) is 1. The second kappa shape index (κ2) is 7.00. The SMILES string of the molecule is Cc1ccc(SCC(=O)Nc2ccc([O-])cc2C(=O)O)cc1. The summed E-state index contributed by atoms with van der Waals surface area (Å²) in [5.41, 5.74) is 1.06. The summed E-state index contributed by atoms with van der Waals surface area (Å²) in [6, 6.07) is 11.3. The van der Waals surface area contributed by atoms with Crippen LogP contribution in [-0.2, 0) is 4.79 Å². The topological polar surface area (TPSA) is 89.5 Å². The normalized spacial score (nSPS) is 10.2. The number of anilines is 1. The van der Waals surface area contributed by atoms with E-state index in [1.54, 1.807) is 0 Å². The van der Waals surface area contributed by atoms with Gasteiger partial charge in [-0.3, -0.25) is 4.79 Å². The number of carbonyl (C=O) groups excluding carboxylic acids is 1. The van der Waals surface area contributed by atoms with Crippen LogP contribution in [0.2, 0.25) is 0 Å². The van der Waals surface area contributed by atoms with Crippen LogP contribution in [0.15, 0.2) is 47.4 Å². The van der Waals surface area contributed by atoms with Crippen LogP contribution in [0.1, 0.15) is 15.9 Å². The molecule has 6 heteroatoms. The quantitative estimate of drug-likeness (QED) is 0.827. The zero-order valence-corrected chi connectivity index (χ0v) is 12.6. The van der Waals surface area contributed by atoms with Crippen molar-refractivity contribution in [2.75, 3.05) is 11.1 Å². The van der Waals surface area contributed by atoms with Crippen molar-refractivity contribution in [3.63, 3.8) is 0 Å². The first kappa shape index (κ1) is 15.9. The minimum atomic E-state index is -1.25. The molecule has 1 amide bonds. The van der Waals surface area contributed by atoms with Gasteiger partial charge in [0.25, 0.3) is 0 Å². The standard InChI is InChI=1S/C16H15NO4S/c1-10-2-5-12(6-3-10)22-9-15(19)17-14-7-4-11(18)8-13(14)16(20)21/h2-8,18H,9H2,1H3,(H,17,19)(H,20,21)/p-1. The molecule has 0 fully saturated rings. The third-order valence-electron chi connectivity index (χ3n) is 2.89. The number of carbonyl (C=O) groups is 2. The van der Waals surface area contributed by atoms with E-state index in [4.69, 9.17) is 5.11 Å². The number of benzene rings is 2. The van der Waals surface area contributed by atoms with Crippen LogP contribution < -0.4 is 10.4 Å². The summed E-state index contributed by atoms with van der Waals surface area (Å²) in [5, 5.41) is 22.8. The molecule has 0 unspecified atom stereocenters. The van der Waals surface area contributed by atoms with Crippen molar-refractivity contribution in [1.82, 2.24) is 0 Å². The maximum atomic E-state index is 11.9. The maximum absolute atomic E-state index is 11.9. The van der Waals surface area contributed by atoms with Crippen LogP contribution >= 0.6 is 11.8 Å². The van der Waals surface area contributed by atoms with Gasteiger partial charge in [-0.15, -0.1) is 17.5 Å². The molecule has 2 rings (SSSR count). The Bertz CT molecular complexity index is 698. The maximum Gasteiger partial charge on any atom is 0.337 e. The molecule has 0 radical (unpaired) electrons. The Morgan fingerprint density at radius 3 is 2.50 bits per heavy atom. The average molecular weight is 316 g/mol. The van der Waals surface area contributed by atoms with Gasteiger partial charge in [0.05, 0.1) is 17.0 Å². The lowest BCUT2D eigenvalue weighted by Gasteiger charge is -2.12. The molecular weight excluding hydrogens is 302 g/mol. The number of carboxylic acid groups (broad SMARTS) is 1. The first-order chi connectivity index (χ1) is 10.5. The van der Waals surface area contributed by atoms with Crippen molar-refractivity contribution in [2.24, 2.45) is 0 Å². The Morgan fingerprint density at radius 1 is 1.18 bits per heavy atom. The third-order valence-corrected chi connectivity index (χ3v) is 3.90. The number of thioether (sulfide) groups is 1. The van der Waals surface area contributed by atoms with Crippen LogP contribution in [0.25, 0.3) is 0 Å². The molecule has 0 aliphatic heterocycles. The molecule has 22 heavy (non-hydrogen) atoms. The lowest BCUT2D eigenvalue weighted by molar-refractivity contribution is -0.268. The zero-order valence-electron chi connectivity index (χ0n) is 11.8. The van der Waals surface area contributed by atoms with Gasteiger partial charge in [-0.1, -0.05) is 29.8 Å². The van der Waals surface area contributed by atoms with Crippen molar-refractivity contribution < 1.29 is 19.8 Å². The van der Waals surface area contributed by atoms with Gasteiger partial charge in [0.2, 0.25) is 5.91 Å². The van der Waals surface area contributed by atoms with Crippen molar-refractivity contribution in [3.8, 4) is 5.75 Å². The largest absolute Gasteiger partial charge is 0.872 e. The minimum Gasteiger partial charge on any atom is -0.872 e. The van der Waals surface area contributed by atoms with E-state index in [0.717, 1.165) is 16.5 Å². The Balaban J connectivity index is 2.00. The van der Waals surface area contributed by atoms with E-state index in [2.05, 4.69) is 5.32 Å². The lowest BCUT2D eigenvalue weighted by atomic mass is 10.1. The summed E-state index contributed by atoms with van der Waals surface area (Å²) in [7, 11) is 0. The summed E-state index contributed by atoms with van der Waals surface area (Å²) in [5.74, 6) is -1.84. The molecular formula is C16H14NO4S-. The van der Waals surface area contributed by atoms with Crippen LogP contribution in [-0.4, -0.2) is 22.7 Å². The smallest absolute Gasteiger partial charge is 0.337 e. The molecule has 114 valence electrons. The molecule has 0 heterocycles. The second-order valence-corrected chi connectivity index (χ2v) is 5.71. The Morgan fingerprint density at radius 2 is 1.86 bits per heavy atom. The Hall–Kier alpha value is -2.47. The van der Waals surface area contributed by atoms with Gasteiger partial charge in [0, 0.05) is 4.90 Å². The van der Waals surface area contributed by atoms with E-state index in [-0.39, 0.29) is 22.9 Å². The summed E-state index contributed by atoms with van der Waals surface area (Å²) in [4.78, 5) is 23.9. The van der Waals surface area contributed by atoms with Gasteiger partial charge in [0.1, 0.15) is 0 Å². The number of aromatic carboxylic acids is 1. The highest BCUT2D eigenvalue weighted by Gasteiger charge is 2.12. The second-order valence-electron chi connectivity index (χ2n) is 4.66. The Kier molecular flexibility index (Phi) is 5.06. The highest BCUT2D eigenvalue weighted by Crippen LogP contribution is 2.22. The summed E-state index contributed by atoms with van der Waals surface area (Å²) < 4.78 is 0. The molecule has 2 aromatic rings. The fraction of sp³-hybridized carbons (Fsp3) is 0.125.